The van der Waals surface area contributed by atoms with E-state index in [1.807, 2.05) is 0 Å². The van der Waals surface area contributed by atoms with Crippen LogP contribution in [0.5, 0.6) is 0 Å². The molecule has 1 N–H and O–H groups in total. The fourth-order valence-corrected chi connectivity index (χ4v) is 2.67. The summed E-state index contributed by atoms with van der Waals surface area (Å²) in [6, 6.07) is 1.48. The van der Waals surface area contributed by atoms with E-state index < -0.39 is 0 Å². The van der Waals surface area contributed by atoms with Gasteiger partial charge in [-0.1, -0.05) is 33.1 Å². The van der Waals surface area contributed by atoms with Crippen LogP contribution in [0.15, 0.2) is 0 Å². The van der Waals surface area contributed by atoms with Gasteiger partial charge in [0.1, 0.15) is 0 Å². The molecule has 0 heterocycles. The summed E-state index contributed by atoms with van der Waals surface area (Å²) >= 11 is 0. The average Bonchev–Trinajstić information content (AvgIpc) is 2.26. The zero-order valence-corrected chi connectivity index (χ0v) is 10.2. The predicted octanol–water partition coefficient (Wildman–Crippen LogP) is 3.73. The van der Waals surface area contributed by atoms with Crippen molar-refractivity contribution in [2.24, 2.45) is 5.92 Å². The van der Waals surface area contributed by atoms with Crippen molar-refractivity contribution >= 4 is 0 Å². The van der Waals surface area contributed by atoms with Gasteiger partial charge in [-0.3, -0.25) is 0 Å². The van der Waals surface area contributed by atoms with Crippen LogP contribution in [0.25, 0.3) is 0 Å². The van der Waals surface area contributed by atoms with Gasteiger partial charge in [0, 0.05) is 12.1 Å². The number of hydrogen-bond acceptors (Lipinski definition) is 1. The number of hydrogen-bond donors (Lipinski definition) is 1. The number of nitrogens with one attached hydrogen (secondary N) is 1. The van der Waals surface area contributed by atoms with Crippen LogP contribution >= 0.6 is 0 Å². The standard InChI is InChI=1S/C13H27N/c1-4-13(5-2)14-11(3)12-9-7-6-8-10-12/h11-14H,4-10H2,1-3H3. The van der Waals surface area contributed by atoms with E-state index >= 15 is 0 Å². The quantitative estimate of drug-likeness (QED) is 0.708. The van der Waals surface area contributed by atoms with Gasteiger partial charge in [-0.2, -0.15) is 0 Å². The van der Waals surface area contributed by atoms with E-state index in [1.165, 1.54) is 44.9 Å². The lowest BCUT2D eigenvalue weighted by atomic mass is 9.84. The molecule has 1 unspecified atom stereocenters. The van der Waals surface area contributed by atoms with Crippen LogP contribution in [-0.2, 0) is 0 Å². The highest BCUT2D eigenvalue weighted by Crippen LogP contribution is 2.26. The lowest BCUT2D eigenvalue weighted by molar-refractivity contribution is 0.259. The van der Waals surface area contributed by atoms with Crippen molar-refractivity contribution in [1.29, 1.82) is 0 Å². The summed E-state index contributed by atoms with van der Waals surface area (Å²) in [5, 5.41) is 3.79. The molecule has 1 atom stereocenters. The van der Waals surface area contributed by atoms with Crippen molar-refractivity contribution in [2.75, 3.05) is 0 Å². The van der Waals surface area contributed by atoms with Crippen molar-refractivity contribution in [2.45, 2.75) is 77.8 Å². The first-order valence-corrected chi connectivity index (χ1v) is 6.54. The summed E-state index contributed by atoms with van der Waals surface area (Å²) < 4.78 is 0. The minimum atomic E-state index is 0.736. The van der Waals surface area contributed by atoms with E-state index in [0.29, 0.717) is 0 Å². The second kappa shape index (κ2) is 6.44. The number of rotatable bonds is 5. The highest BCUT2D eigenvalue weighted by molar-refractivity contribution is 4.78. The Morgan fingerprint density at radius 3 is 2.14 bits per heavy atom. The van der Waals surface area contributed by atoms with Gasteiger partial charge in [-0.05, 0) is 38.5 Å². The Morgan fingerprint density at radius 2 is 1.64 bits per heavy atom. The predicted molar refractivity (Wildman–Crippen MR) is 63.5 cm³/mol. The van der Waals surface area contributed by atoms with Gasteiger partial charge >= 0.3 is 0 Å². The summed E-state index contributed by atoms with van der Waals surface area (Å²) in [4.78, 5) is 0. The monoisotopic (exact) mass is 197 g/mol. The molecule has 84 valence electrons. The third-order valence-electron chi connectivity index (χ3n) is 3.84. The molecule has 1 aliphatic carbocycles. The van der Waals surface area contributed by atoms with E-state index in [9.17, 15) is 0 Å². The van der Waals surface area contributed by atoms with Gasteiger partial charge < -0.3 is 5.32 Å². The summed E-state index contributed by atoms with van der Waals surface area (Å²) in [5.74, 6) is 0.948. The maximum absolute atomic E-state index is 3.79. The molecule has 1 saturated carbocycles. The summed E-state index contributed by atoms with van der Waals surface area (Å²) in [6.07, 6.45) is 9.83. The Bertz CT molecular complexity index is 134. The largest absolute Gasteiger partial charge is 0.311 e. The smallest absolute Gasteiger partial charge is 0.00695 e. The lowest BCUT2D eigenvalue weighted by Crippen LogP contribution is -2.41. The van der Waals surface area contributed by atoms with E-state index in [2.05, 4.69) is 26.1 Å². The Kier molecular flexibility index (Phi) is 5.54. The minimum absolute atomic E-state index is 0.736. The molecular formula is C13H27N. The highest BCUT2D eigenvalue weighted by Gasteiger charge is 2.20. The van der Waals surface area contributed by atoms with E-state index in [0.717, 1.165) is 18.0 Å². The zero-order chi connectivity index (χ0) is 10.4. The first-order chi connectivity index (χ1) is 6.77. The van der Waals surface area contributed by atoms with E-state index in [-0.39, 0.29) is 0 Å². The van der Waals surface area contributed by atoms with Gasteiger partial charge in [-0.15, -0.1) is 0 Å². The highest BCUT2D eigenvalue weighted by atomic mass is 14.9. The first kappa shape index (κ1) is 12.0. The molecule has 1 rings (SSSR count). The SMILES string of the molecule is CCC(CC)NC(C)C1CCCCC1. The fraction of sp³-hybridized carbons (Fsp3) is 1.00. The van der Waals surface area contributed by atoms with Crippen LogP contribution in [0.4, 0.5) is 0 Å². The third kappa shape index (κ3) is 3.61. The zero-order valence-electron chi connectivity index (χ0n) is 10.2. The van der Waals surface area contributed by atoms with Crippen LogP contribution in [0, 0.1) is 5.92 Å². The third-order valence-corrected chi connectivity index (χ3v) is 3.84. The molecule has 1 fully saturated rings. The van der Waals surface area contributed by atoms with Crippen molar-refractivity contribution in [3.8, 4) is 0 Å². The van der Waals surface area contributed by atoms with Gasteiger partial charge in [0.15, 0.2) is 0 Å². The molecule has 0 aromatic carbocycles. The maximum atomic E-state index is 3.79. The van der Waals surface area contributed by atoms with Crippen LogP contribution < -0.4 is 5.32 Å². The van der Waals surface area contributed by atoms with E-state index in [1.54, 1.807) is 0 Å². The molecule has 0 saturated heterocycles. The van der Waals surface area contributed by atoms with E-state index in [4.69, 9.17) is 0 Å². The Labute approximate surface area is 89.7 Å². The molecule has 0 spiro atoms. The molecule has 1 nitrogen and oxygen atoms in total. The Hall–Kier alpha value is -0.0400. The van der Waals surface area contributed by atoms with Crippen molar-refractivity contribution < 1.29 is 0 Å². The Morgan fingerprint density at radius 1 is 1.07 bits per heavy atom. The topological polar surface area (TPSA) is 12.0 Å². The molecule has 0 bridgehead atoms. The van der Waals surface area contributed by atoms with Crippen LogP contribution in [0.3, 0.4) is 0 Å². The lowest BCUT2D eigenvalue weighted by Gasteiger charge is -2.31. The van der Waals surface area contributed by atoms with Crippen LogP contribution in [-0.4, -0.2) is 12.1 Å². The van der Waals surface area contributed by atoms with Crippen molar-refractivity contribution in [1.82, 2.24) is 5.32 Å². The first-order valence-electron chi connectivity index (χ1n) is 6.54. The van der Waals surface area contributed by atoms with Gasteiger partial charge in [0.25, 0.3) is 0 Å². The van der Waals surface area contributed by atoms with Crippen LogP contribution in [0.1, 0.15) is 65.7 Å². The average molecular weight is 197 g/mol. The maximum Gasteiger partial charge on any atom is 0.00695 e. The molecule has 1 aliphatic rings. The molecule has 0 amide bonds. The second-order valence-corrected chi connectivity index (χ2v) is 4.87. The molecular weight excluding hydrogens is 170 g/mol. The van der Waals surface area contributed by atoms with Crippen molar-refractivity contribution in [3.63, 3.8) is 0 Å². The molecule has 0 radical (unpaired) electrons. The normalized spacial score (nSPS) is 21.4. The molecule has 0 aliphatic heterocycles. The van der Waals surface area contributed by atoms with Gasteiger partial charge in [-0.25, -0.2) is 0 Å². The van der Waals surface area contributed by atoms with Crippen LogP contribution in [0.2, 0.25) is 0 Å². The fourth-order valence-electron chi connectivity index (χ4n) is 2.67. The van der Waals surface area contributed by atoms with Gasteiger partial charge in [0.05, 0.1) is 0 Å². The summed E-state index contributed by atoms with van der Waals surface area (Å²) in [5.41, 5.74) is 0. The molecule has 14 heavy (non-hydrogen) atoms. The Balaban J connectivity index is 2.27. The molecule has 1 heteroatoms. The summed E-state index contributed by atoms with van der Waals surface area (Å²) in [7, 11) is 0. The summed E-state index contributed by atoms with van der Waals surface area (Å²) in [6.45, 7) is 6.96. The van der Waals surface area contributed by atoms with Gasteiger partial charge in [0.2, 0.25) is 0 Å². The minimum Gasteiger partial charge on any atom is -0.311 e. The molecule has 0 aromatic rings. The molecule has 0 aromatic heterocycles. The second-order valence-electron chi connectivity index (χ2n) is 4.87. The van der Waals surface area contributed by atoms with Crippen molar-refractivity contribution in [3.05, 3.63) is 0 Å².